The van der Waals surface area contributed by atoms with Gasteiger partial charge in [-0.15, -0.1) is 0 Å². The lowest BCUT2D eigenvalue weighted by molar-refractivity contribution is -0.141. The highest BCUT2D eigenvalue weighted by atomic mass is 19.4. The summed E-state index contributed by atoms with van der Waals surface area (Å²) < 4.78 is 51.4. The van der Waals surface area contributed by atoms with Crippen LogP contribution in [0.15, 0.2) is 47.0 Å². The van der Waals surface area contributed by atoms with Crippen molar-refractivity contribution in [3.05, 3.63) is 53.9 Å². The van der Waals surface area contributed by atoms with Crippen molar-refractivity contribution in [2.24, 2.45) is 7.05 Å². The molecule has 1 amide bonds. The predicted octanol–water partition coefficient (Wildman–Crippen LogP) is 4.60. The molecule has 0 atom stereocenters. The third-order valence-corrected chi connectivity index (χ3v) is 4.29. The molecule has 28 heavy (non-hydrogen) atoms. The van der Waals surface area contributed by atoms with Crippen molar-refractivity contribution in [1.29, 1.82) is 0 Å². The molecule has 144 valence electrons. The fourth-order valence-electron chi connectivity index (χ4n) is 3.07. The van der Waals surface area contributed by atoms with Gasteiger partial charge in [-0.25, -0.2) is 0 Å². The van der Waals surface area contributed by atoms with Crippen LogP contribution in [0.25, 0.3) is 21.9 Å². The van der Waals surface area contributed by atoms with E-state index in [0.29, 0.717) is 16.9 Å². The van der Waals surface area contributed by atoms with E-state index >= 15 is 0 Å². The van der Waals surface area contributed by atoms with Crippen LogP contribution in [0.5, 0.6) is 5.75 Å². The number of amides is 1. The first-order valence-corrected chi connectivity index (χ1v) is 8.19. The number of benzene rings is 2. The van der Waals surface area contributed by atoms with Crippen LogP contribution in [0.4, 0.5) is 18.9 Å². The van der Waals surface area contributed by atoms with Crippen LogP contribution in [0.1, 0.15) is 16.1 Å². The lowest BCUT2D eigenvalue weighted by Crippen LogP contribution is -2.18. The molecule has 1 N–H and O–H groups in total. The zero-order valence-electron chi connectivity index (χ0n) is 14.8. The Bertz CT molecular complexity index is 1210. The van der Waals surface area contributed by atoms with Gasteiger partial charge in [0.05, 0.1) is 18.4 Å². The van der Waals surface area contributed by atoms with E-state index in [1.807, 2.05) is 18.2 Å². The summed E-state index contributed by atoms with van der Waals surface area (Å²) in [6.07, 6.45) is -3.73. The Kier molecular flexibility index (Phi) is 4.02. The molecule has 0 radical (unpaired) electrons. The van der Waals surface area contributed by atoms with Crippen molar-refractivity contribution in [2.75, 3.05) is 12.4 Å². The monoisotopic (exact) mass is 389 g/mol. The highest BCUT2D eigenvalue weighted by molar-refractivity contribution is 6.10. The van der Waals surface area contributed by atoms with Gasteiger partial charge in [0.25, 0.3) is 5.91 Å². The number of fused-ring (bicyclic) bond motifs is 3. The van der Waals surface area contributed by atoms with Gasteiger partial charge in [-0.3, -0.25) is 9.48 Å². The molecule has 0 aliphatic carbocycles. The van der Waals surface area contributed by atoms with E-state index in [0.717, 1.165) is 21.7 Å². The second-order valence-electron chi connectivity index (χ2n) is 6.16. The van der Waals surface area contributed by atoms with Crippen LogP contribution in [-0.2, 0) is 13.2 Å². The number of halogens is 3. The van der Waals surface area contributed by atoms with Gasteiger partial charge in [-0.05, 0) is 12.1 Å². The van der Waals surface area contributed by atoms with Crippen LogP contribution in [0, 0.1) is 0 Å². The Labute approximate surface area is 156 Å². The first-order valence-electron chi connectivity index (χ1n) is 8.19. The van der Waals surface area contributed by atoms with Gasteiger partial charge in [-0.2, -0.15) is 18.3 Å². The number of rotatable bonds is 3. The van der Waals surface area contributed by atoms with Crippen LogP contribution in [0.3, 0.4) is 0 Å². The zero-order valence-corrected chi connectivity index (χ0v) is 14.8. The average molecular weight is 389 g/mol. The molecule has 0 aliphatic heterocycles. The molecule has 4 aromatic rings. The number of nitrogens with zero attached hydrogens (tertiary/aromatic N) is 2. The number of aryl methyl sites for hydroxylation is 1. The summed E-state index contributed by atoms with van der Waals surface area (Å²) in [6, 6.07) is 10.6. The Balaban J connectivity index is 1.77. The highest BCUT2D eigenvalue weighted by Crippen LogP contribution is 2.37. The smallest absolute Gasteiger partial charge is 0.435 e. The fraction of sp³-hybridized carbons (Fsp3) is 0.158. The number of carbonyl (C=O) groups is 1. The Hall–Kier alpha value is -3.49. The summed E-state index contributed by atoms with van der Waals surface area (Å²) in [6.45, 7) is 0. The number of methoxy groups -OCH3 is 1. The van der Waals surface area contributed by atoms with E-state index < -0.39 is 23.3 Å². The van der Waals surface area contributed by atoms with Crippen molar-refractivity contribution in [3.63, 3.8) is 0 Å². The minimum Gasteiger partial charge on any atom is -0.495 e. The van der Waals surface area contributed by atoms with E-state index in [4.69, 9.17) is 9.15 Å². The largest absolute Gasteiger partial charge is 0.495 e. The number of ether oxygens (including phenoxy) is 1. The van der Waals surface area contributed by atoms with Crippen molar-refractivity contribution in [2.45, 2.75) is 6.18 Å². The van der Waals surface area contributed by atoms with E-state index in [9.17, 15) is 18.0 Å². The maximum atomic E-state index is 13.1. The minimum atomic E-state index is -4.75. The molecule has 0 spiro atoms. The number of carbonyl (C=O) groups excluding carboxylic acids is 1. The summed E-state index contributed by atoms with van der Waals surface area (Å²) in [5, 5.41) is 7.44. The molecular formula is C19H14F3N3O3. The summed E-state index contributed by atoms with van der Waals surface area (Å²) in [4.78, 5) is 12.5. The molecule has 0 bridgehead atoms. The van der Waals surface area contributed by atoms with Crippen LogP contribution in [0.2, 0.25) is 0 Å². The molecule has 0 fully saturated rings. The number of hydrogen-bond donors (Lipinski definition) is 1. The van der Waals surface area contributed by atoms with E-state index in [1.165, 1.54) is 20.2 Å². The van der Waals surface area contributed by atoms with Crippen molar-refractivity contribution < 1.29 is 27.1 Å². The number of anilines is 1. The van der Waals surface area contributed by atoms with Crippen molar-refractivity contribution in [3.8, 4) is 5.75 Å². The summed E-state index contributed by atoms with van der Waals surface area (Å²) in [5.41, 5.74) is -0.525. The standard InChI is InChI=1S/C19H14F3N3O3/c1-25-9-12(17(24-25)19(20,21)22)18(26)23-13-8-15-11(7-16(13)27-2)10-5-3-4-6-14(10)28-15/h3-9H,1-2H3,(H,23,26). The van der Waals surface area contributed by atoms with Gasteiger partial charge in [0.1, 0.15) is 16.9 Å². The summed E-state index contributed by atoms with van der Waals surface area (Å²) in [5.74, 6) is -0.654. The molecule has 2 aromatic heterocycles. The number of aromatic nitrogens is 2. The topological polar surface area (TPSA) is 69.3 Å². The van der Waals surface area contributed by atoms with Gasteiger partial charge in [0.2, 0.25) is 0 Å². The third-order valence-electron chi connectivity index (χ3n) is 4.29. The maximum absolute atomic E-state index is 13.1. The molecule has 9 heteroatoms. The Morgan fingerprint density at radius 3 is 2.64 bits per heavy atom. The fourth-order valence-corrected chi connectivity index (χ4v) is 3.07. The molecule has 6 nitrogen and oxygen atoms in total. The first kappa shape index (κ1) is 17.9. The van der Waals surface area contributed by atoms with Gasteiger partial charge in [-0.1, -0.05) is 18.2 Å². The highest BCUT2D eigenvalue weighted by Gasteiger charge is 2.39. The molecule has 2 heterocycles. The van der Waals surface area contributed by atoms with Gasteiger partial charge in [0.15, 0.2) is 5.69 Å². The van der Waals surface area contributed by atoms with E-state index in [-0.39, 0.29) is 5.69 Å². The zero-order chi connectivity index (χ0) is 20.1. The van der Waals surface area contributed by atoms with Gasteiger partial charge >= 0.3 is 6.18 Å². The molecule has 2 aromatic carbocycles. The normalized spacial score (nSPS) is 11.9. The van der Waals surface area contributed by atoms with E-state index in [1.54, 1.807) is 12.1 Å². The van der Waals surface area contributed by atoms with Crippen LogP contribution >= 0.6 is 0 Å². The number of furan rings is 1. The number of para-hydroxylation sites is 1. The SMILES string of the molecule is COc1cc2c(cc1NC(=O)c1cn(C)nc1C(F)(F)F)oc1ccccc12. The van der Waals surface area contributed by atoms with E-state index in [2.05, 4.69) is 10.4 Å². The molecule has 0 unspecified atom stereocenters. The molecule has 0 saturated carbocycles. The number of alkyl halides is 3. The Morgan fingerprint density at radius 1 is 1.18 bits per heavy atom. The van der Waals surface area contributed by atoms with Crippen molar-refractivity contribution in [1.82, 2.24) is 9.78 Å². The maximum Gasteiger partial charge on any atom is 0.435 e. The van der Waals surface area contributed by atoms with Gasteiger partial charge < -0.3 is 14.5 Å². The summed E-state index contributed by atoms with van der Waals surface area (Å²) >= 11 is 0. The molecule has 0 aliphatic rings. The predicted molar refractivity (Wildman–Crippen MR) is 96.4 cm³/mol. The molecule has 0 saturated heterocycles. The third kappa shape index (κ3) is 2.94. The summed E-state index contributed by atoms with van der Waals surface area (Å²) in [7, 11) is 2.72. The Morgan fingerprint density at radius 2 is 1.93 bits per heavy atom. The second kappa shape index (κ2) is 6.29. The minimum absolute atomic E-state index is 0.191. The molecule has 4 rings (SSSR count). The number of nitrogens with one attached hydrogen (secondary N) is 1. The van der Waals surface area contributed by atoms with Gasteiger partial charge in [0, 0.05) is 30.1 Å². The second-order valence-corrected chi connectivity index (χ2v) is 6.16. The van der Waals surface area contributed by atoms with Crippen LogP contribution < -0.4 is 10.1 Å². The molecular weight excluding hydrogens is 375 g/mol. The lowest BCUT2D eigenvalue weighted by Gasteiger charge is -2.11. The number of hydrogen-bond acceptors (Lipinski definition) is 4. The quantitative estimate of drug-likeness (QED) is 0.556. The average Bonchev–Trinajstić information content (AvgIpc) is 3.21. The van der Waals surface area contributed by atoms with Crippen molar-refractivity contribution >= 4 is 33.5 Å². The lowest BCUT2D eigenvalue weighted by atomic mass is 10.1. The first-order chi connectivity index (χ1) is 13.3. The van der Waals surface area contributed by atoms with Crippen LogP contribution in [-0.4, -0.2) is 22.8 Å².